The Morgan fingerprint density at radius 2 is 1.94 bits per heavy atom. The van der Waals surface area contributed by atoms with E-state index in [2.05, 4.69) is 12.2 Å². The average molecular weight is 290 g/mol. The van der Waals surface area contributed by atoms with Gasteiger partial charge in [-0.1, -0.05) is 19.3 Å². The van der Waals surface area contributed by atoms with Gasteiger partial charge in [0.25, 0.3) is 0 Å². The lowest BCUT2D eigenvalue weighted by atomic mass is 9.75. The average Bonchev–Trinajstić information content (AvgIpc) is 2.85. The number of amides is 1. The molecule has 0 aromatic rings. The number of alkyl halides is 1. The standard InChI is InChI=1S/C14H24ClNOS/c1-13(6-5-9-18-13)12(17)16-11-14(10-15)7-3-2-4-8-14/h2-11H2,1H3,(H,16,17). The first-order chi connectivity index (χ1) is 8.60. The lowest BCUT2D eigenvalue weighted by molar-refractivity contribution is -0.123. The molecule has 0 aromatic heterocycles. The molecule has 1 heterocycles. The number of thioether (sulfide) groups is 1. The van der Waals surface area contributed by atoms with Crippen LogP contribution in [0.25, 0.3) is 0 Å². The first-order valence-electron chi connectivity index (χ1n) is 7.09. The number of halogens is 1. The zero-order chi connectivity index (χ0) is 13.1. The van der Waals surface area contributed by atoms with E-state index in [-0.39, 0.29) is 16.1 Å². The Balaban J connectivity index is 1.87. The molecule has 1 aliphatic heterocycles. The van der Waals surface area contributed by atoms with Crippen molar-refractivity contribution < 1.29 is 4.79 Å². The first-order valence-corrected chi connectivity index (χ1v) is 8.61. The predicted molar refractivity (Wildman–Crippen MR) is 79.3 cm³/mol. The molecule has 2 nitrogen and oxygen atoms in total. The highest BCUT2D eigenvalue weighted by molar-refractivity contribution is 8.01. The summed E-state index contributed by atoms with van der Waals surface area (Å²) in [6, 6.07) is 0. The minimum Gasteiger partial charge on any atom is -0.354 e. The van der Waals surface area contributed by atoms with Gasteiger partial charge >= 0.3 is 0 Å². The number of hydrogen-bond donors (Lipinski definition) is 1. The van der Waals surface area contributed by atoms with Crippen LogP contribution in [0, 0.1) is 5.41 Å². The number of nitrogens with one attached hydrogen (secondary N) is 1. The highest BCUT2D eigenvalue weighted by Gasteiger charge is 2.39. The van der Waals surface area contributed by atoms with Crippen LogP contribution in [0.1, 0.15) is 51.9 Å². The van der Waals surface area contributed by atoms with Crippen LogP contribution in [0.4, 0.5) is 0 Å². The normalized spacial score (nSPS) is 31.2. The first kappa shape index (κ1) is 14.5. The summed E-state index contributed by atoms with van der Waals surface area (Å²) in [6.45, 7) is 2.85. The quantitative estimate of drug-likeness (QED) is 0.802. The molecule has 2 aliphatic rings. The van der Waals surface area contributed by atoms with Crippen LogP contribution in [0.15, 0.2) is 0 Å². The van der Waals surface area contributed by atoms with Crippen molar-refractivity contribution in [3.8, 4) is 0 Å². The molecule has 104 valence electrons. The fourth-order valence-corrected chi connectivity index (χ4v) is 4.67. The van der Waals surface area contributed by atoms with Gasteiger partial charge in [-0.25, -0.2) is 0 Å². The lowest BCUT2D eigenvalue weighted by Gasteiger charge is -2.36. The number of rotatable bonds is 4. The van der Waals surface area contributed by atoms with Crippen molar-refractivity contribution in [1.82, 2.24) is 5.32 Å². The molecule has 1 aliphatic carbocycles. The third-order valence-corrected chi connectivity index (χ3v) is 6.61. The van der Waals surface area contributed by atoms with E-state index in [1.165, 1.54) is 32.1 Å². The van der Waals surface area contributed by atoms with E-state index in [1.54, 1.807) is 11.8 Å². The molecular formula is C14H24ClNOS. The molecule has 1 N–H and O–H groups in total. The maximum Gasteiger partial charge on any atom is 0.235 e. The molecule has 1 saturated carbocycles. The minimum atomic E-state index is -0.192. The molecule has 4 heteroatoms. The maximum absolute atomic E-state index is 12.3. The van der Waals surface area contributed by atoms with Crippen molar-refractivity contribution >= 4 is 29.3 Å². The highest BCUT2D eigenvalue weighted by atomic mass is 35.5. The van der Waals surface area contributed by atoms with Gasteiger partial charge in [0.05, 0.1) is 4.75 Å². The molecule has 0 spiro atoms. The van der Waals surface area contributed by atoms with Crippen molar-refractivity contribution in [2.75, 3.05) is 18.2 Å². The second-order valence-corrected chi connectivity index (χ2v) is 7.93. The van der Waals surface area contributed by atoms with Crippen molar-refractivity contribution in [2.45, 2.75) is 56.6 Å². The maximum atomic E-state index is 12.3. The summed E-state index contributed by atoms with van der Waals surface area (Å²) in [4.78, 5) is 12.3. The Kier molecular flexibility index (Phi) is 4.87. The van der Waals surface area contributed by atoms with Crippen molar-refractivity contribution in [3.05, 3.63) is 0 Å². The van der Waals surface area contributed by atoms with Gasteiger partial charge in [-0.05, 0) is 38.4 Å². The van der Waals surface area contributed by atoms with E-state index < -0.39 is 0 Å². The lowest BCUT2D eigenvalue weighted by Crippen LogP contribution is -2.46. The third kappa shape index (κ3) is 3.16. The van der Waals surface area contributed by atoms with E-state index in [4.69, 9.17) is 11.6 Å². The van der Waals surface area contributed by atoms with Gasteiger partial charge in [0, 0.05) is 17.8 Å². The minimum absolute atomic E-state index is 0.162. The summed E-state index contributed by atoms with van der Waals surface area (Å²) in [5.74, 6) is 2.02. The van der Waals surface area contributed by atoms with Crippen LogP contribution in [-0.2, 0) is 4.79 Å². The van der Waals surface area contributed by atoms with E-state index in [1.807, 2.05) is 0 Å². The molecule has 1 atom stereocenters. The fourth-order valence-electron chi connectivity index (χ4n) is 3.07. The van der Waals surface area contributed by atoms with Gasteiger partial charge in [-0.3, -0.25) is 4.79 Å². The van der Waals surface area contributed by atoms with Crippen molar-refractivity contribution in [1.29, 1.82) is 0 Å². The van der Waals surface area contributed by atoms with E-state index in [0.717, 1.165) is 25.1 Å². The summed E-state index contributed by atoms with van der Waals surface area (Å²) in [5, 5.41) is 3.18. The molecule has 2 rings (SSSR count). The monoisotopic (exact) mass is 289 g/mol. The van der Waals surface area contributed by atoms with Gasteiger partial charge < -0.3 is 5.32 Å². The van der Waals surface area contributed by atoms with E-state index >= 15 is 0 Å². The van der Waals surface area contributed by atoms with Crippen molar-refractivity contribution in [2.24, 2.45) is 5.41 Å². The molecular weight excluding hydrogens is 266 g/mol. The smallest absolute Gasteiger partial charge is 0.235 e. The zero-order valence-electron chi connectivity index (χ0n) is 11.3. The molecule has 1 saturated heterocycles. The van der Waals surface area contributed by atoms with Crippen LogP contribution in [0.2, 0.25) is 0 Å². The van der Waals surface area contributed by atoms with E-state index in [9.17, 15) is 4.79 Å². The molecule has 0 bridgehead atoms. The molecule has 1 amide bonds. The van der Waals surface area contributed by atoms with E-state index in [0.29, 0.717) is 5.88 Å². The summed E-state index contributed by atoms with van der Waals surface area (Å²) < 4.78 is -0.192. The van der Waals surface area contributed by atoms with Crippen LogP contribution >= 0.6 is 23.4 Å². The van der Waals surface area contributed by atoms with Gasteiger partial charge in [-0.15, -0.1) is 23.4 Å². The molecule has 0 aromatic carbocycles. The van der Waals surface area contributed by atoms with Crippen LogP contribution in [-0.4, -0.2) is 28.8 Å². The number of carbonyl (C=O) groups is 1. The largest absolute Gasteiger partial charge is 0.354 e. The molecule has 2 fully saturated rings. The Morgan fingerprint density at radius 3 is 2.50 bits per heavy atom. The number of hydrogen-bond acceptors (Lipinski definition) is 2. The van der Waals surface area contributed by atoms with Gasteiger partial charge in [0.15, 0.2) is 0 Å². The van der Waals surface area contributed by atoms with Crippen LogP contribution in [0.5, 0.6) is 0 Å². The Bertz CT molecular complexity index is 296. The zero-order valence-corrected chi connectivity index (χ0v) is 12.8. The fraction of sp³-hybridized carbons (Fsp3) is 0.929. The summed E-state index contributed by atoms with van der Waals surface area (Å²) in [7, 11) is 0. The third-order valence-electron chi connectivity index (χ3n) is 4.52. The number of carbonyl (C=O) groups excluding carboxylic acids is 1. The van der Waals surface area contributed by atoms with Crippen LogP contribution < -0.4 is 5.32 Å². The second kappa shape index (κ2) is 6.04. The Hall–Kier alpha value is 0.110. The van der Waals surface area contributed by atoms with Crippen LogP contribution in [0.3, 0.4) is 0 Å². The molecule has 0 radical (unpaired) electrons. The van der Waals surface area contributed by atoms with Crippen molar-refractivity contribution in [3.63, 3.8) is 0 Å². The summed E-state index contributed by atoms with van der Waals surface area (Å²) >= 11 is 7.96. The Morgan fingerprint density at radius 1 is 1.22 bits per heavy atom. The molecule has 1 unspecified atom stereocenters. The summed E-state index contributed by atoms with van der Waals surface area (Å²) in [6.07, 6.45) is 8.34. The van der Waals surface area contributed by atoms with Gasteiger partial charge in [0.1, 0.15) is 0 Å². The summed E-state index contributed by atoms with van der Waals surface area (Å²) in [5.41, 5.74) is 0.162. The topological polar surface area (TPSA) is 29.1 Å². The predicted octanol–water partition coefficient (Wildman–Crippen LogP) is 3.58. The van der Waals surface area contributed by atoms with Gasteiger partial charge in [-0.2, -0.15) is 0 Å². The van der Waals surface area contributed by atoms with Gasteiger partial charge in [0.2, 0.25) is 5.91 Å². The SMILES string of the molecule is CC1(C(=O)NCC2(CCl)CCCCC2)CCCS1. The Labute approximate surface area is 120 Å². The highest BCUT2D eigenvalue weighted by Crippen LogP contribution is 2.39. The molecule has 18 heavy (non-hydrogen) atoms. The second-order valence-electron chi connectivity index (χ2n) is 6.06.